The number of fused-ring (bicyclic) bond motifs is 1. The van der Waals surface area contributed by atoms with Crippen LogP contribution in [0.2, 0.25) is 0 Å². The molecule has 1 fully saturated rings. The van der Waals surface area contributed by atoms with Crippen LogP contribution < -0.4 is 4.90 Å². The molecular formula is C23H23N3O2. The molecule has 4 rings (SSSR count). The topological polar surface area (TPSA) is 66.3 Å². The van der Waals surface area contributed by atoms with Crippen molar-refractivity contribution in [2.24, 2.45) is 5.41 Å². The van der Waals surface area contributed by atoms with Gasteiger partial charge in [-0.3, -0.25) is 9.78 Å². The number of para-hydroxylation sites is 2. The van der Waals surface area contributed by atoms with Crippen molar-refractivity contribution in [3.05, 3.63) is 72.4 Å². The van der Waals surface area contributed by atoms with Gasteiger partial charge in [-0.05, 0) is 37.0 Å². The summed E-state index contributed by atoms with van der Waals surface area (Å²) < 4.78 is 0. The number of hydrogen-bond donors (Lipinski definition) is 1. The quantitative estimate of drug-likeness (QED) is 0.718. The highest BCUT2D eigenvalue weighted by Crippen LogP contribution is 2.36. The number of rotatable bonds is 5. The monoisotopic (exact) mass is 373 g/mol. The van der Waals surface area contributed by atoms with Gasteiger partial charge in [-0.1, -0.05) is 54.6 Å². The van der Waals surface area contributed by atoms with Crippen molar-refractivity contribution in [3.63, 3.8) is 0 Å². The molecule has 5 nitrogen and oxygen atoms in total. The van der Waals surface area contributed by atoms with Crippen LogP contribution in [0.1, 0.15) is 24.8 Å². The number of hydrogen-bond acceptors (Lipinski definition) is 4. The third-order valence-electron chi connectivity index (χ3n) is 5.41. The Morgan fingerprint density at radius 3 is 2.64 bits per heavy atom. The molecule has 1 aromatic heterocycles. The number of nitrogens with zero attached hydrogens (tertiary/aromatic N) is 3. The van der Waals surface area contributed by atoms with Gasteiger partial charge >= 0.3 is 5.97 Å². The number of carbonyl (C=O) groups is 1. The van der Waals surface area contributed by atoms with Gasteiger partial charge in [0.1, 0.15) is 5.82 Å². The fraction of sp³-hybridized carbons (Fsp3) is 0.261. The average molecular weight is 373 g/mol. The van der Waals surface area contributed by atoms with E-state index in [1.807, 2.05) is 66.7 Å². The number of anilines is 1. The van der Waals surface area contributed by atoms with E-state index in [1.165, 1.54) is 0 Å². The Labute approximate surface area is 164 Å². The van der Waals surface area contributed by atoms with Crippen molar-refractivity contribution in [2.75, 3.05) is 18.0 Å². The van der Waals surface area contributed by atoms with Gasteiger partial charge < -0.3 is 10.0 Å². The van der Waals surface area contributed by atoms with Crippen LogP contribution in [-0.4, -0.2) is 34.1 Å². The van der Waals surface area contributed by atoms with E-state index in [-0.39, 0.29) is 0 Å². The van der Waals surface area contributed by atoms with E-state index < -0.39 is 11.4 Å². The van der Waals surface area contributed by atoms with Gasteiger partial charge in [0.2, 0.25) is 0 Å². The smallest absolute Gasteiger partial charge is 0.311 e. The molecule has 1 aliphatic heterocycles. The summed E-state index contributed by atoms with van der Waals surface area (Å²) in [6.45, 7) is 1.24. The average Bonchev–Trinajstić information content (AvgIpc) is 2.74. The Morgan fingerprint density at radius 2 is 1.86 bits per heavy atom. The number of benzene rings is 2. The summed E-state index contributed by atoms with van der Waals surface area (Å²) in [5.41, 5.74) is 1.95. The third-order valence-corrected chi connectivity index (χ3v) is 5.41. The van der Waals surface area contributed by atoms with E-state index >= 15 is 0 Å². The van der Waals surface area contributed by atoms with Crippen molar-refractivity contribution >= 4 is 28.9 Å². The van der Waals surface area contributed by atoms with Crippen LogP contribution in [0.4, 0.5) is 5.82 Å². The molecule has 3 aromatic rings. The van der Waals surface area contributed by atoms with Crippen LogP contribution in [0, 0.1) is 5.41 Å². The van der Waals surface area contributed by atoms with Crippen molar-refractivity contribution in [2.45, 2.75) is 19.3 Å². The summed E-state index contributed by atoms with van der Waals surface area (Å²) in [5.74, 6) is -0.000256. The number of carboxylic acids is 1. The molecule has 0 saturated carbocycles. The molecule has 142 valence electrons. The highest BCUT2D eigenvalue weighted by molar-refractivity contribution is 5.78. The van der Waals surface area contributed by atoms with Crippen LogP contribution in [0.15, 0.2) is 66.9 Å². The van der Waals surface area contributed by atoms with E-state index in [0.717, 1.165) is 35.4 Å². The summed E-state index contributed by atoms with van der Waals surface area (Å²) >= 11 is 0. The summed E-state index contributed by atoms with van der Waals surface area (Å²) in [6.07, 6.45) is 7.71. The lowest BCUT2D eigenvalue weighted by Gasteiger charge is -2.40. The first-order chi connectivity index (χ1) is 13.7. The zero-order chi connectivity index (χ0) is 19.4. The molecule has 0 unspecified atom stereocenters. The summed E-state index contributed by atoms with van der Waals surface area (Å²) in [7, 11) is 0. The minimum absolute atomic E-state index is 0.439. The second-order valence-corrected chi connectivity index (χ2v) is 7.34. The number of aromatic nitrogens is 2. The van der Waals surface area contributed by atoms with Gasteiger partial charge in [-0.2, -0.15) is 0 Å². The molecule has 1 N–H and O–H groups in total. The van der Waals surface area contributed by atoms with Crippen molar-refractivity contribution in [1.29, 1.82) is 0 Å². The largest absolute Gasteiger partial charge is 0.481 e. The lowest BCUT2D eigenvalue weighted by molar-refractivity contribution is -0.149. The van der Waals surface area contributed by atoms with E-state index in [9.17, 15) is 9.90 Å². The minimum atomic E-state index is -0.809. The molecular weight excluding hydrogens is 350 g/mol. The lowest BCUT2D eigenvalue weighted by atomic mass is 9.77. The summed E-state index contributed by atoms with van der Waals surface area (Å²) in [5, 5.41) is 10.0. The first-order valence-corrected chi connectivity index (χ1v) is 9.58. The number of aliphatic carboxylic acids is 1. The molecule has 1 aliphatic rings. The van der Waals surface area contributed by atoms with Gasteiger partial charge in [0.15, 0.2) is 0 Å². The van der Waals surface area contributed by atoms with Gasteiger partial charge in [0, 0.05) is 13.1 Å². The molecule has 2 heterocycles. The Kier molecular flexibility index (Phi) is 5.06. The van der Waals surface area contributed by atoms with Crippen LogP contribution in [-0.2, 0) is 4.79 Å². The fourth-order valence-corrected chi connectivity index (χ4v) is 3.84. The number of allylic oxidation sites excluding steroid dienone is 1. The van der Waals surface area contributed by atoms with E-state index in [4.69, 9.17) is 4.98 Å². The standard InChI is InChI=1S/C23H23N3O2/c27-22(28)23(13-6-10-18-8-2-1-3-9-18)14-7-15-26(17-23)21-16-24-19-11-4-5-12-20(19)25-21/h1-6,8-12,16H,7,13-15,17H2,(H,27,28)/b10-6+/t23-/m0/s1. The van der Waals surface area contributed by atoms with E-state index in [0.29, 0.717) is 19.4 Å². The first kappa shape index (κ1) is 18.2. The molecule has 0 bridgehead atoms. The highest BCUT2D eigenvalue weighted by Gasteiger charge is 2.42. The molecule has 0 amide bonds. The predicted molar refractivity (Wildman–Crippen MR) is 111 cm³/mol. The Balaban J connectivity index is 1.56. The Hall–Kier alpha value is -3.21. The van der Waals surface area contributed by atoms with E-state index in [2.05, 4.69) is 9.88 Å². The lowest BCUT2D eigenvalue weighted by Crippen LogP contribution is -2.48. The van der Waals surface area contributed by atoms with Crippen LogP contribution in [0.25, 0.3) is 17.1 Å². The second-order valence-electron chi connectivity index (χ2n) is 7.34. The molecule has 0 spiro atoms. The van der Waals surface area contributed by atoms with Crippen LogP contribution >= 0.6 is 0 Å². The SMILES string of the molecule is O=C(O)[C@@]1(C/C=C/c2ccccc2)CCCN(c2cnc3ccccc3n2)C1. The highest BCUT2D eigenvalue weighted by atomic mass is 16.4. The summed E-state index contributed by atoms with van der Waals surface area (Å²) in [6, 6.07) is 17.7. The number of piperidine rings is 1. The van der Waals surface area contributed by atoms with Gasteiger partial charge in [0.05, 0.1) is 22.6 Å². The maximum Gasteiger partial charge on any atom is 0.311 e. The molecule has 0 aliphatic carbocycles. The van der Waals surface area contributed by atoms with E-state index in [1.54, 1.807) is 6.20 Å². The zero-order valence-electron chi connectivity index (χ0n) is 15.7. The Morgan fingerprint density at radius 1 is 1.11 bits per heavy atom. The predicted octanol–water partition coefficient (Wildman–Crippen LogP) is 4.40. The molecule has 2 aromatic carbocycles. The molecule has 28 heavy (non-hydrogen) atoms. The maximum absolute atomic E-state index is 12.2. The zero-order valence-corrected chi connectivity index (χ0v) is 15.7. The van der Waals surface area contributed by atoms with Crippen molar-refractivity contribution in [3.8, 4) is 0 Å². The molecule has 1 saturated heterocycles. The van der Waals surface area contributed by atoms with Crippen molar-refractivity contribution < 1.29 is 9.90 Å². The first-order valence-electron chi connectivity index (χ1n) is 9.58. The van der Waals surface area contributed by atoms with Crippen molar-refractivity contribution in [1.82, 2.24) is 9.97 Å². The second kappa shape index (κ2) is 7.80. The summed E-state index contributed by atoms with van der Waals surface area (Å²) in [4.78, 5) is 23.5. The van der Waals surface area contributed by atoms with Gasteiger partial charge in [-0.15, -0.1) is 0 Å². The molecule has 0 radical (unpaired) electrons. The fourth-order valence-electron chi connectivity index (χ4n) is 3.84. The van der Waals surface area contributed by atoms with Crippen LogP contribution in [0.3, 0.4) is 0 Å². The van der Waals surface area contributed by atoms with Gasteiger partial charge in [-0.25, -0.2) is 4.98 Å². The van der Waals surface area contributed by atoms with Gasteiger partial charge in [0.25, 0.3) is 0 Å². The maximum atomic E-state index is 12.2. The minimum Gasteiger partial charge on any atom is -0.481 e. The van der Waals surface area contributed by atoms with Crippen LogP contribution in [0.5, 0.6) is 0 Å². The normalized spacial score (nSPS) is 19.9. The molecule has 1 atom stereocenters. The Bertz CT molecular complexity index is 1000. The number of carboxylic acid groups (broad SMARTS) is 1. The molecule has 5 heteroatoms. The third kappa shape index (κ3) is 3.74.